The van der Waals surface area contributed by atoms with Crippen molar-refractivity contribution in [2.75, 3.05) is 18.5 Å². The summed E-state index contributed by atoms with van der Waals surface area (Å²) in [5.41, 5.74) is 1.62. The van der Waals surface area contributed by atoms with Gasteiger partial charge in [-0.15, -0.1) is 0 Å². The van der Waals surface area contributed by atoms with E-state index in [1.807, 2.05) is 24.3 Å². The Bertz CT molecular complexity index is 864. The first-order chi connectivity index (χ1) is 14.2. The zero-order valence-corrected chi connectivity index (χ0v) is 17.2. The molecule has 1 amide bonds. The van der Waals surface area contributed by atoms with Crippen molar-refractivity contribution in [1.82, 2.24) is 0 Å². The van der Waals surface area contributed by atoms with Gasteiger partial charge in [-0.2, -0.15) is 0 Å². The standard InChI is InChI=1S/C23H26ClNO4/c24-19-14-21-22(28-12-4-11-27-21)15-20(19)25-23(26)10-9-16-5-3-8-18(13-16)29-17-6-1-2-7-17/h3,5,8,13-15,17H,1-2,4,6-7,9-12H2,(H,25,26). The fraction of sp³-hybridized carbons (Fsp3) is 0.435. The Balaban J connectivity index is 1.34. The van der Waals surface area contributed by atoms with Crippen LogP contribution >= 0.6 is 11.6 Å². The highest BCUT2D eigenvalue weighted by Crippen LogP contribution is 2.37. The molecule has 0 radical (unpaired) electrons. The van der Waals surface area contributed by atoms with Crippen molar-refractivity contribution in [1.29, 1.82) is 0 Å². The normalized spacial score (nSPS) is 16.3. The summed E-state index contributed by atoms with van der Waals surface area (Å²) in [4.78, 5) is 12.5. The first kappa shape index (κ1) is 19.9. The summed E-state index contributed by atoms with van der Waals surface area (Å²) < 4.78 is 17.3. The molecule has 29 heavy (non-hydrogen) atoms. The molecular weight excluding hydrogens is 390 g/mol. The van der Waals surface area contributed by atoms with Crippen molar-refractivity contribution in [2.24, 2.45) is 0 Å². The molecule has 2 aliphatic rings. The quantitative estimate of drug-likeness (QED) is 0.686. The number of benzene rings is 2. The van der Waals surface area contributed by atoms with Gasteiger partial charge < -0.3 is 19.5 Å². The highest BCUT2D eigenvalue weighted by atomic mass is 35.5. The van der Waals surface area contributed by atoms with Crippen molar-refractivity contribution < 1.29 is 19.0 Å². The predicted octanol–water partition coefficient (Wildman–Crippen LogP) is 5.39. The van der Waals surface area contributed by atoms with Crippen molar-refractivity contribution >= 4 is 23.2 Å². The Kier molecular flexibility index (Phi) is 6.45. The van der Waals surface area contributed by atoms with Gasteiger partial charge in [-0.05, 0) is 49.8 Å². The molecule has 1 fully saturated rings. The highest BCUT2D eigenvalue weighted by molar-refractivity contribution is 6.34. The minimum absolute atomic E-state index is 0.0940. The van der Waals surface area contributed by atoms with Gasteiger partial charge in [0.2, 0.25) is 5.91 Å². The van der Waals surface area contributed by atoms with Gasteiger partial charge in [0, 0.05) is 25.0 Å². The van der Waals surface area contributed by atoms with E-state index in [0.29, 0.717) is 54.4 Å². The molecule has 0 aromatic heterocycles. The number of carbonyl (C=O) groups is 1. The fourth-order valence-corrected chi connectivity index (χ4v) is 3.92. The van der Waals surface area contributed by atoms with Crippen LogP contribution in [-0.2, 0) is 11.2 Å². The van der Waals surface area contributed by atoms with Crippen LogP contribution in [0, 0.1) is 0 Å². The SMILES string of the molecule is O=C(CCc1cccc(OC2CCCC2)c1)Nc1cc2c(cc1Cl)OCCCO2. The summed E-state index contributed by atoms with van der Waals surface area (Å²) in [5, 5.41) is 3.33. The van der Waals surface area contributed by atoms with E-state index < -0.39 is 0 Å². The van der Waals surface area contributed by atoms with Gasteiger partial charge in [0.25, 0.3) is 0 Å². The molecule has 1 aliphatic heterocycles. The lowest BCUT2D eigenvalue weighted by Gasteiger charge is -2.14. The van der Waals surface area contributed by atoms with Crippen LogP contribution in [0.2, 0.25) is 5.02 Å². The van der Waals surface area contributed by atoms with Gasteiger partial charge in [-0.1, -0.05) is 23.7 Å². The fourth-order valence-electron chi connectivity index (χ4n) is 3.72. The lowest BCUT2D eigenvalue weighted by Crippen LogP contribution is -2.13. The topological polar surface area (TPSA) is 56.8 Å². The summed E-state index contributed by atoms with van der Waals surface area (Å²) in [6.07, 6.45) is 6.88. The number of fused-ring (bicyclic) bond motifs is 1. The Morgan fingerprint density at radius 1 is 1.07 bits per heavy atom. The van der Waals surface area contributed by atoms with Crippen LogP contribution in [-0.4, -0.2) is 25.2 Å². The van der Waals surface area contributed by atoms with Gasteiger partial charge in [0.05, 0.1) is 30.0 Å². The Labute approximate surface area is 176 Å². The molecule has 2 aromatic carbocycles. The van der Waals surface area contributed by atoms with Gasteiger partial charge >= 0.3 is 0 Å². The molecule has 1 heterocycles. The predicted molar refractivity (Wildman–Crippen MR) is 113 cm³/mol. The maximum absolute atomic E-state index is 12.5. The van der Waals surface area contributed by atoms with Gasteiger partial charge in [-0.3, -0.25) is 4.79 Å². The summed E-state index contributed by atoms with van der Waals surface area (Å²) in [7, 11) is 0. The molecule has 0 saturated heterocycles. The van der Waals surface area contributed by atoms with E-state index >= 15 is 0 Å². The number of rotatable bonds is 6. The zero-order valence-electron chi connectivity index (χ0n) is 16.4. The van der Waals surface area contributed by atoms with Crippen molar-refractivity contribution in [3.05, 3.63) is 47.0 Å². The van der Waals surface area contributed by atoms with E-state index in [-0.39, 0.29) is 5.91 Å². The third-order valence-corrected chi connectivity index (χ3v) is 5.57. The molecule has 1 N–H and O–H groups in total. The Morgan fingerprint density at radius 2 is 1.83 bits per heavy atom. The number of amides is 1. The second-order valence-electron chi connectivity index (χ2n) is 7.55. The van der Waals surface area contributed by atoms with Crippen LogP contribution in [0.3, 0.4) is 0 Å². The molecule has 154 valence electrons. The van der Waals surface area contributed by atoms with Crippen LogP contribution in [0.15, 0.2) is 36.4 Å². The summed E-state index contributed by atoms with van der Waals surface area (Å²) in [6, 6.07) is 11.5. The second kappa shape index (κ2) is 9.40. The van der Waals surface area contributed by atoms with E-state index in [1.54, 1.807) is 12.1 Å². The Hall–Kier alpha value is -2.40. The van der Waals surface area contributed by atoms with Crippen LogP contribution in [0.4, 0.5) is 5.69 Å². The number of anilines is 1. The van der Waals surface area contributed by atoms with Crippen molar-refractivity contribution in [3.8, 4) is 17.2 Å². The molecule has 2 aromatic rings. The van der Waals surface area contributed by atoms with Crippen LogP contribution < -0.4 is 19.5 Å². The molecule has 1 aliphatic carbocycles. The van der Waals surface area contributed by atoms with E-state index in [9.17, 15) is 4.79 Å². The van der Waals surface area contributed by atoms with E-state index in [1.165, 1.54) is 12.8 Å². The van der Waals surface area contributed by atoms with Gasteiger partial charge in [0.15, 0.2) is 11.5 Å². The number of halogens is 1. The van der Waals surface area contributed by atoms with Crippen LogP contribution in [0.1, 0.15) is 44.1 Å². The number of carbonyl (C=O) groups excluding carboxylic acids is 1. The van der Waals surface area contributed by atoms with E-state index in [2.05, 4.69) is 5.32 Å². The molecule has 1 saturated carbocycles. The van der Waals surface area contributed by atoms with Gasteiger partial charge in [-0.25, -0.2) is 0 Å². The number of nitrogens with one attached hydrogen (secondary N) is 1. The summed E-state index contributed by atoms with van der Waals surface area (Å²) in [5.74, 6) is 2.02. The lowest BCUT2D eigenvalue weighted by molar-refractivity contribution is -0.116. The highest BCUT2D eigenvalue weighted by Gasteiger charge is 2.17. The van der Waals surface area contributed by atoms with E-state index in [0.717, 1.165) is 30.6 Å². The summed E-state index contributed by atoms with van der Waals surface area (Å²) >= 11 is 6.31. The number of hydrogen-bond acceptors (Lipinski definition) is 4. The molecule has 0 unspecified atom stereocenters. The summed E-state index contributed by atoms with van der Waals surface area (Å²) in [6.45, 7) is 1.18. The molecular formula is C23H26ClNO4. The first-order valence-electron chi connectivity index (χ1n) is 10.3. The number of hydrogen-bond donors (Lipinski definition) is 1. The average Bonchev–Trinajstić information content (AvgIpc) is 3.12. The second-order valence-corrected chi connectivity index (χ2v) is 7.96. The zero-order chi connectivity index (χ0) is 20.1. The maximum Gasteiger partial charge on any atom is 0.224 e. The molecule has 0 spiro atoms. The minimum Gasteiger partial charge on any atom is -0.490 e. The van der Waals surface area contributed by atoms with Crippen molar-refractivity contribution in [2.45, 2.75) is 51.0 Å². The molecule has 0 atom stereocenters. The number of ether oxygens (including phenoxy) is 3. The first-order valence-corrected chi connectivity index (χ1v) is 10.7. The van der Waals surface area contributed by atoms with Crippen molar-refractivity contribution in [3.63, 3.8) is 0 Å². The minimum atomic E-state index is -0.0940. The lowest BCUT2D eigenvalue weighted by atomic mass is 10.1. The third kappa shape index (κ3) is 5.36. The van der Waals surface area contributed by atoms with E-state index in [4.69, 9.17) is 25.8 Å². The molecule has 5 nitrogen and oxygen atoms in total. The smallest absolute Gasteiger partial charge is 0.224 e. The monoisotopic (exact) mass is 415 g/mol. The molecule has 0 bridgehead atoms. The average molecular weight is 416 g/mol. The molecule has 6 heteroatoms. The maximum atomic E-state index is 12.5. The van der Waals surface area contributed by atoms with Gasteiger partial charge in [0.1, 0.15) is 5.75 Å². The van der Waals surface area contributed by atoms with Crippen LogP contribution in [0.5, 0.6) is 17.2 Å². The number of aryl methyl sites for hydroxylation is 1. The van der Waals surface area contributed by atoms with Crippen LogP contribution in [0.25, 0.3) is 0 Å². The Morgan fingerprint density at radius 3 is 2.62 bits per heavy atom. The largest absolute Gasteiger partial charge is 0.490 e. The molecule has 4 rings (SSSR count). The third-order valence-electron chi connectivity index (χ3n) is 5.26.